The van der Waals surface area contributed by atoms with Gasteiger partial charge in [0.05, 0.1) is 0 Å². The normalized spacial score (nSPS) is 20.6. The Morgan fingerprint density at radius 3 is 1.72 bits per heavy atom. The Balaban J connectivity index is 1.16. The molecule has 0 amide bonds. The summed E-state index contributed by atoms with van der Waals surface area (Å²) in [5, 5.41) is 15.5. The number of benzene rings is 9. The molecule has 0 bridgehead atoms. The first-order chi connectivity index (χ1) is 26.0. The van der Waals surface area contributed by atoms with Crippen LogP contribution in [0.25, 0.3) is 65.3 Å². The Hall–Kier alpha value is -5.50. The van der Waals surface area contributed by atoms with Crippen molar-refractivity contribution in [2.24, 2.45) is 0 Å². The van der Waals surface area contributed by atoms with E-state index < -0.39 is 8.07 Å². The molecule has 1 aliphatic heterocycles. The van der Waals surface area contributed by atoms with Crippen LogP contribution in [0.2, 0.25) is 5.04 Å². The van der Waals surface area contributed by atoms with Crippen LogP contribution >= 0.6 is 0 Å². The summed E-state index contributed by atoms with van der Waals surface area (Å²) in [5.74, 6) is 0. The molecule has 9 aromatic carbocycles. The van der Waals surface area contributed by atoms with Crippen molar-refractivity contribution in [2.75, 3.05) is 0 Å². The first-order valence-corrected chi connectivity index (χ1v) is 21.5. The number of hydrogen-bond acceptors (Lipinski definition) is 0. The molecule has 2 unspecified atom stereocenters. The van der Waals surface area contributed by atoms with E-state index in [4.69, 9.17) is 0 Å². The van der Waals surface area contributed by atoms with Gasteiger partial charge in [-0.1, -0.05) is 197 Å². The summed E-state index contributed by atoms with van der Waals surface area (Å²) >= 11 is 0. The molecule has 254 valence electrons. The van der Waals surface area contributed by atoms with Gasteiger partial charge in [-0.3, -0.25) is 0 Å². The molecule has 1 fully saturated rings. The summed E-state index contributed by atoms with van der Waals surface area (Å²) in [6.45, 7) is 5.32. The second kappa shape index (κ2) is 11.2. The second-order valence-corrected chi connectivity index (χ2v) is 20.6. The average Bonchev–Trinajstić information content (AvgIpc) is 3.40. The van der Waals surface area contributed by atoms with Gasteiger partial charge < -0.3 is 0 Å². The van der Waals surface area contributed by atoms with E-state index in [1.54, 1.807) is 21.1 Å². The molecule has 11 rings (SSSR count). The lowest BCUT2D eigenvalue weighted by Gasteiger charge is -2.54. The van der Waals surface area contributed by atoms with Crippen molar-refractivity contribution in [1.82, 2.24) is 0 Å². The van der Waals surface area contributed by atoms with Crippen LogP contribution in [0.1, 0.15) is 45.1 Å². The Morgan fingerprint density at radius 1 is 0.434 bits per heavy atom. The molecular formula is C52H42Si. The van der Waals surface area contributed by atoms with Crippen LogP contribution in [-0.4, -0.2) is 8.07 Å². The summed E-state index contributed by atoms with van der Waals surface area (Å²) < 4.78 is 0. The van der Waals surface area contributed by atoms with Crippen molar-refractivity contribution < 1.29 is 0 Å². The lowest BCUT2D eigenvalue weighted by atomic mass is 9.64. The number of fused-ring (bicyclic) bond motifs is 4. The van der Waals surface area contributed by atoms with Crippen molar-refractivity contribution in [3.63, 3.8) is 0 Å². The lowest BCUT2D eigenvalue weighted by molar-refractivity contribution is 0.241. The van der Waals surface area contributed by atoms with Gasteiger partial charge in [0.2, 0.25) is 0 Å². The fraction of sp³-hybridized carbons (Fsp3) is 0.154. The van der Waals surface area contributed by atoms with E-state index in [1.807, 2.05) is 0 Å². The third-order valence-electron chi connectivity index (χ3n) is 14.1. The highest BCUT2D eigenvalue weighted by Crippen LogP contribution is 2.65. The largest absolute Gasteiger partial charge is 0.155 e. The van der Waals surface area contributed by atoms with E-state index in [2.05, 4.69) is 184 Å². The first-order valence-electron chi connectivity index (χ1n) is 19.5. The van der Waals surface area contributed by atoms with Crippen LogP contribution in [0.15, 0.2) is 170 Å². The van der Waals surface area contributed by atoms with Gasteiger partial charge in [0.25, 0.3) is 0 Å². The maximum atomic E-state index is 2.68. The molecule has 1 heterocycles. The van der Waals surface area contributed by atoms with E-state index >= 15 is 0 Å². The zero-order valence-corrected chi connectivity index (χ0v) is 31.5. The molecule has 2 aliphatic rings. The molecule has 1 heteroatoms. The minimum Gasteiger partial charge on any atom is -0.0624 e. The Labute approximate surface area is 313 Å². The molecule has 9 aromatic rings. The Bertz CT molecular complexity index is 2820. The number of rotatable bonds is 4. The Kier molecular flexibility index (Phi) is 6.59. The topological polar surface area (TPSA) is 0 Å². The maximum Gasteiger partial charge on any atom is 0.155 e. The molecular weight excluding hydrogens is 653 g/mol. The van der Waals surface area contributed by atoms with E-state index in [9.17, 15) is 0 Å². The van der Waals surface area contributed by atoms with Crippen LogP contribution in [0.3, 0.4) is 0 Å². The highest BCUT2D eigenvalue weighted by atomic mass is 28.3. The molecule has 0 nitrogen and oxygen atoms in total. The number of hydrogen-bond donors (Lipinski definition) is 0. The monoisotopic (exact) mass is 694 g/mol. The van der Waals surface area contributed by atoms with Gasteiger partial charge in [-0.05, 0) is 110 Å². The van der Waals surface area contributed by atoms with Gasteiger partial charge in [0.1, 0.15) is 0 Å². The molecule has 0 spiro atoms. The van der Waals surface area contributed by atoms with Gasteiger partial charge in [-0.25, -0.2) is 0 Å². The van der Waals surface area contributed by atoms with Crippen molar-refractivity contribution in [1.29, 1.82) is 0 Å². The highest BCUT2D eigenvalue weighted by molar-refractivity contribution is 7.14. The van der Waals surface area contributed by atoms with Crippen molar-refractivity contribution >= 4 is 66.7 Å². The molecule has 1 aliphatic carbocycles. The minimum atomic E-state index is -2.45. The van der Waals surface area contributed by atoms with E-state index in [1.165, 1.54) is 91.0 Å². The van der Waals surface area contributed by atoms with Crippen LogP contribution in [0.4, 0.5) is 0 Å². The van der Waals surface area contributed by atoms with Gasteiger partial charge in [0, 0.05) is 0 Å². The predicted octanol–water partition coefficient (Wildman–Crippen LogP) is 12.1. The molecule has 0 N–H and O–H groups in total. The average molecular weight is 695 g/mol. The SMILES string of the molecule is CC12CCCCC1(C)[Si](c1ccccc1)(c1ccccc1)c1ccc(-c3ccc4ccc5c(-c6cccc7ccccc67)ccc6ccc3c4c65)cc12. The quantitative estimate of drug-likeness (QED) is 0.127. The third kappa shape index (κ3) is 4.01. The summed E-state index contributed by atoms with van der Waals surface area (Å²) in [4.78, 5) is 0. The van der Waals surface area contributed by atoms with Gasteiger partial charge >= 0.3 is 0 Å². The second-order valence-electron chi connectivity index (χ2n) is 16.3. The van der Waals surface area contributed by atoms with Crippen molar-refractivity contribution in [3.8, 4) is 22.3 Å². The van der Waals surface area contributed by atoms with E-state index in [-0.39, 0.29) is 10.5 Å². The third-order valence-corrected chi connectivity index (χ3v) is 20.2. The van der Waals surface area contributed by atoms with Gasteiger partial charge in [-0.15, -0.1) is 0 Å². The summed E-state index contributed by atoms with van der Waals surface area (Å²) in [6, 6.07) is 65.4. The van der Waals surface area contributed by atoms with E-state index in [0.717, 1.165) is 0 Å². The summed E-state index contributed by atoms with van der Waals surface area (Å²) in [5.41, 5.74) is 6.97. The van der Waals surface area contributed by atoms with E-state index in [0.29, 0.717) is 0 Å². The molecule has 2 atom stereocenters. The zero-order chi connectivity index (χ0) is 35.4. The molecule has 1 saturated carbocycles. The fourth-order valence-electron chi connectivity index (χ4n) is 11.6. The maximum absolute atomic E-state index is 2.68. The molecule has 0 radical (unpaired) electrons. The first kappa shape index (κ1) is 31.1. The Morgan fingerprint density at radius 2 is 1.00 bits per heavy atom. The molecule has 0 aromatic heterocycles. The van der Waals surface area contributed by atoms with Crippen LogP contribution in [-0.2, 0) is 5.41 Å². The van der Waals surface area contributed by atoms with Crippen molar-refractivity contribution in [3.05, 3.63) is 175 Å². The summed E-state index contributed by atoms with van der Waals surface area (Å²) in [6.07, 6.45) is 5.10. The van der Waals surface area contributed by atoms with Crippen molar-refractivity contribution in [2.45, 2.75) is 50.0 Å². The minimum absolute atomic E-state index is 0.0889. The smallest absolute Gasteiger partial charge is 0.0624 e. The highest BCUT2D eigenvalue weighted by Gasteiger charge is 2.68. The fourth-order valence-corrected chi connectivity index (χ4v) is 18.5. The van der Waals surface area contributed by atoms with Crippen LogP contribution < -0.4 is 15.6 Å². The standard InChI is InChI=1S/C52H42Si/c1-51-32-11-12-33-52(51,2)53(39-16-5-3-6-17-39,40-18-7-4-8-19-40)48-31-26-38(34-47(48)51)42-27-22-36-25-30-46-44(28-23-37-24-29-45(42)49(36)50(37)46)43-21-13-15-35-14-9-10-20-41(35)43/h3-10,13-31,34H,11-12,32-33H2,1-2H3. The van der Waals surface area contributed by atoms with Crippen LogP contribution in [0.5, 0.6) is 0 Å². The molecule has 53 heavy (non-hydrogen) atoms. The lowest BCUT2D eigenvalue weighted by Crippen LogP contribution is -2.72. The van der Waals surface area contributed by atoms with Gasteiger partial charge in [-0.2, -0.15) is 0 Å². The van der Waals surface area contributed by atoms with Crippen LogP contribution in [0, 0.1) is 0 Å². The van der Waals surface area contributed by atoms with Gasteiger partial charge in [0.15, 0.2) is 8.07 Å². The molecule has 0 saturated heterocycles. The summed E-state index contributed by atoms with van der Waals surface area (Å²) in [7, 11) is -2.45. The zero-order valence-electron chi connectivity index (χ0n) is 30.5. The predicted molar refractivity (Wildman–Crippen MR) is 230 cm³/mol.